The van der Waals surface area contributed by atoms with E-state index in [9.17, 15) is 14.4 Å². The van der Waals surface area contributed by atoms with Crippen LogP contribution in [0.15, 0.2) is 29.1 Å². The summed E-state index contributed by atoms with van der Waals surface area (Å²) >= 11 is 7.00. The zero-order valence-corrected chi connectivity index (χ0v) is 16.6. The molecule has 7 nitrogen and oxygen atoms in total. The minimum absolute atomic E-state index is 0.0919. The molecular formula is C19H17ClN4O3S. The smallest absolute Gasteiger partial charge is 0.262 e. The number of thiophene rings is 1. The van der Waals surface area contributed by atoms with E-state index in [1.54, 1.807) is 35.8 Å². The minimum Gasteiger partial charge on any atom is -0.342 e. The zero-order valence-electron chi connectivity index (χ0n) is 15.0. The highest BCUT2D eigenvalue weighted by atomic mass is 35.5. The van der Waals surface area contributed by atoms with Crippen LogP contribution in [0, 0.1) is 6.92 Å². The van der Waals surface area contributed by atoms with E-state index in [4.69, 9.17) is 11.6 Å². The van der Waals surface area contributed by atoms with Gasteiger partial charge in [0, 0.05) is 23.7 Å². The van der Waals surface area contributed by atoms with Crippen LogP contribution in [0.25, 0.3) is 10.2 Å². The number of anilines is 1. The third kappa shape index (κ3) is 3.41. The number of hydrogen-bond acceptors (Lipinski definition) is 5. The molecule has 144 valence electrons. The Morgan fingerprint density at radius 2 is 2.04 bits per heavy atom. The van der Waals surface area contributed by atoms with Crippen molar-refractivity contribution >= 4 is 50.7 Å². The molecule has 0 bridgehead atoms. The molecule has 0 atom stereocenters. The van der Waals surface area contributed by atoms with Crippen molar-refractivity contribution in [3.05, 3.63) is 55.9 Å². The average Bonchev–Trinajstić information content (AvgIpc) is 3.27. The van der Waals surface area contributed by atoms with E-state index >= 15 is 0 Å². The molecule has 0 spiro atoms. The summed E-state index contributed by atoms with van der Waals surface area (Å²) in [5.74, 6) is 0.0240. The number of benzene rings is 1. The Bertz CT molecular complexity index is 1150. The first-order valence-electron chi connectivity index (χ1n) is 8.80. The molecule has 0 unspecified atom stereocenters. The largest absolute Gasteiger partial charge is 0.342 e. The highest BCUT2D eigenvalue weighted by Gasteiger charge is 2.23. The first-order chi connectivity index (χ1) is 13.4. The molecular weight excluding hydrogens is 400 g/mol. The molecule has 1 aliphatic heterocycles. The maximum atomic E-state index is 12.7. The lowest BCUT2D eigenvalue weighted by Gasteiger charge is -2.07. The molecule has 2 aromatic heterocycles. The molecule has 2 amide bonds. The van der Waals surface area contributed by atoms with Crippen LogP contribution in [0.3, 0.4) is 0 Å². The molecule has 0 saturated heterocycles. The summed E-state index contributed by atoms with van der Waals surface area (Å²) in [4.78, 5) is 42.9. The van der Waals surface area contributed by atoms with Crippen molar-refractivity contribution in [1.29, 1.82) is 0 Å². The van der Waals surface area contributed by atoms with Gasteiger partial charge in [-0.25, -0.2) is 4.98 Å². The molecule has 1 aromatic carbocycles. The van der Waals surface area contributed by atoms with Gasteiger partial charge in [0.1, 0.15) is 10.7 Å². The highest BCUT2D eigenvalue weighted by molar-refractivity contribution is 7.20. The molecule has 28 heavy (non-hydrogen) atoms. The normalized spacial score (nSPS) is 12.8. The van der Waals surface area contributed by atoms with Gasteiger partial charge in [-0.15, -0.1) is 11.3 Å². The van der Waals surface area contributed by atoms with Gasteiger partial charge >= 0.3 is 0 Å². The van der Waals surface area contributed by atoms with Gasteiger partial charge in [0.05, 0.1) is 16.8 Å². The van der Waals surface area contributed by atoms with Crippen molar-refractivity contribution in [2.45, 2.75) is 26.3 Å². The van der Waals surface area contributed by atoms with Crippen LogP contribution in [-0.4, -0.2) is 27.9 Å². The van der Waals surface area contributed by atoms with Crippen LogP contribution in [0.2, 0.25) is 5.02 Å². The number of aryl methyl sites for hydroxylation is 2. The second kappa shape index (κ2) is 7.37. The third-order valence-corrected chi connectivity index (χ3v) is 6.09. The van der Waals surface area contributed by atoms with Gasteiger partial charge in [-0.2, -0.15) is 0 Å². The molecule has 9 heteroatoms. The maximum Gasteiger partial charge on any atom is 0.262 e. The third-order valence-electron chi connectivity index (χ3n) is 4.66. The fourth-order valence-electron chi connectivity index (χ4n) is 3.27. The number of halogens is 1. The van der Waals surface area contributed by atoms with E-state index in [1.165, 1.54) is 11.3 Å². The minimum atomic E-state index is -0.392. The summed E-state index contributed by atoms with van der Waals surface area (Å²) in [5.41, 5.74) is 1.11. The summed E-state index contributed by atoms with van der Waals surface area (Å²) in [6.45, 7) is 2.23. The monoisotopic (exact) mass is 416 g/mol. The topological polar surface area (TPSA) is 93.1 Å². The lowest BCUT2D eigenvalue weighted by Crippen LogP contribution is -2.32. The fraction of sp³-hybridized carbons (Fsp3) is 0.263. The first kappa shape index (κ1) is 18.6. The highest BCUT2D eigenvalue weighted by Crippen LogP contribution is 2.28. The van der Waals surface area contributed by atoms with Crippen LogP contribution in [0.4, 0.5) is 5.69 Å². The molecule has 0 fully saturated rings. The van der Waals surface area contributed by atoms with Crippen LogP contribution in [0.1, 0.15) is 27.5 Å². The van der Waals surface area contributed by atoms with E-state index in [-0.39, 0.29) is 18.0 Å². The SMILES string of the molecule is Cc1c(C(=O)NCC(=O)Nc2ccc(Cl)cc2)sc2nc3n(c(=O)c12)CCC3. The Kier molecular flexibility index (Phi) is 4.91. The summed E-state index contributed by atoms with van der Waals surface area (Å²) in [5, 5.41) is 6.35. The predicted octanol–water partition coefficient (Wildman–Crippen LogP) is 2.73. The van der Waals surface area contributed by atoms with Crippen molar-refractivity contribution in [2.24, 2.45) is 0 Å². The Morgan fingerprint density at radius 1 is 1.29 bits per heavy atom. The lowest BCUT2D eigenvalue weighted by molar-refractivity contribution is -0.115. The van der Waals surface area contributed by atoms with Gasteiger partial charge in [-0.1, -0.05) is 11.6 Å². The average molecular weight is 417 g/mol. The van der Waals surface area contributed by atoms with E-state index in [0.29, 0.717) is 37.9 Å². The van der Waals surface area contributed by atoms with Crippen molar-refractivity contribution < 1.29 is 9.59 Å². The number of rotatable bonds is 4. The molecule has 4 rings (SSSR count). The number of nitrogens with zero attached hydrogens (tertiary/aromatic N) is 2. The summed E-state index contributed by atoms with van der Waals surface area (Å²) in [7, 11) is 0. The van der Waals surface area contributed by atoms with Gasteiger partial charge in [0.15, 0.2) is 0 Å². The molecule has 2 N–H and O–H groups in total. The molecule has 0 radical (unpaired) electrons. The van der Waals surface area contributed by atoms with E-state index in [0.717, 1.165) is 18.7 Å². The van der Waals surface area contributed by atoms with Crippen molar-refractivity contribution in [3.63, 3.8) is 0 Å². The molecule has 1 aliphatic rings. The van der Waals surface area contributed by atoms with Crippen molar-refractivity contribution in [1.82, 2.24) is 14.9 Å². The first-order valence-corrected chi connectivity index (χ1v) is 10.00. The Hall–Kier alpha value is -2.71. The van der Waals surface area contributed by atoms with Crippen LogP contribution < -0.4 is 16.2 Å². The Labute approximate surface area is 169 Å². The van der Waals surface area contributed by atoms with Crippen LogP contribution in [0.5, 0.6) is 0 Å². The van der Waals surface area contributed by atoms with E-state index in [2.05, 4.69) is 15.6 Å². The zero-order chi connectivity index (χ0) is 19.8. The van der Waals surface area contributed by atoms with Gasteiger partial charge < -0.3 is 10.6 Å². The molecule has 0 aliphatic carbocycles. The number of fused-ring (bicyclic) bond motifs is 2. The number of carbonyl (C=O) groups is 2. The predicted molar refractivity (Wildman–Crippen MR) is 109 cm³/mol. The number of amides is 2. The number of nitrogens with one attached hydrogen (secondary N) is 2. The quantitative estimate of drug-likeness (QED) is 0.683. The lowest BCUT2D eigenvalue weighted by atomic mass is 10.2. The molecule has 0 saturated carbocycles. The van der Waals surface area contributed by atoms with Crippen molar-refractivity contribution in [2.75, 3.05) is 11.9 Å². The number of hydrogen-bond donors (Lipinski definition) is 2. The number of carbonyl (C=O) groups excluding carboxylic acids is 2. The standard InChI is InChI=1S/C19H17ClN4O3S/c1-10-15-18(23-13-3-2-8-24(13)19(15)27)28-16(10)17(26)21-9-14(25)22-12-6-4-11(20)5-7-12/h4-7H,2-3,8-9H2,1H3,(H,21,26)(H,22,25). The van der Waals surface area contributed by atoms with Crippen LogP contribution >= 0.6 is 22.9 Å². The molecule has 3 heterocycles. The molecule has 3 aromatic rings. The van der Waals surface area contributed by atoms with Gasteiger partial charge in [-0.3, -0.25) is 19.0 Å². The second-order valence-corrected chi connectivity index (χ2v) is 8.00. The Balaban J connectivity index is 1.49. The van der Waals surface area contributed by atoms with E-state index < -0.39 is 5.91 Å². The van der Waals surface area contributed by atoms with E-state index in [1.807, 2.05) is 0 Å². The van der Waals surface area contributed by atoms with Gasteiger partial charge in [-0.05, 0) is 43.2 Å². The summed E-state index contributed by atoms with van der Waals surface area (Å²) < 4.78 is 1.68. The van der Waals surface area contributed by atoms with Gasteiger partial charge in [0.25, 0.3) is 11.5 Å². The Morgan fingerprint density at radius 3 is 2.79 bits per heavy atom. The summed E-state index contributed by atoms with van der Waals surface area (Å²) in [6.07, 6.45) is 1.68. The van der Waals surface area contributed by atoms with Crippen molar-refractivity contribution in [3.8, 4) is 0 Å². The van der Waals surface area contributed by atoms with Crippen LogP contribution in [-0.2, 0) is 17.8 Å². The van der Waals surface area contributed by atoms with Gasteiger partial charge in [0.2, 0.25) is 5.91 Å². The maximum absolute atomic E-state index is 12.7. The fourth-order valence-corrected chi connectivity index (χ4v) is 4.50. The second-order valence-electron chi connectivity index (χ2n) is 6.56. The summed E-state index contributed by atoms with van der Waals surface area (Å²) in [6, 6.07) is 6.69. The number of aromatic nitrogens is 2.